The summed E-state index contributed by atoms with van der Waals surface area (Å²) in [4.78, 5) is 11.9. The van der Waals surface area contributed by atoms with Crippen molar-refractivity contribution in [3.63, 3.8) is 0 Å². The quantitative estimate of drug-likeness (QED) is 0.379. The van der Waals surface area contributed by atoms with E-state index in [2.05, 4.69) is 16.0 Å². The van der Waals surface area contributed by atoms with E-state index in [9.17, 15) is 13.6 Å². The molecule has 1 aromatic rings. The fourth-order valence-corrected chi connectivity index (χ4v) is 2.10. The molecule has 0 aliphatic rings. The van der Waals surface area contributed by atoms with Crippen molar-refractivity contribution in [1.29, 1.82) is 0 Å². The van der Waals surface area contributed by atoms with Crippen LogP contribution in [0.2, 0.25) is 0 Å². The largest absolute Gasteiger partial charge is 0.383 e. The van der Waals surface area contributed by atoms with Crippen LogP contribution in [0.5, 0.6) is 0 Å². The number of methoxy groups -OCH3 is 1. The van der Waals surface area contributed by atoms with E-state index >= 15 is 0 Å². The highest BCUT2D eigenvalue weighted by atomic mass is 32.2. The van der Waals surface area contributed by atoms with E-state index in [4.69, 9.17) is 17.0 Å². The highest BCUT2D eigenvalue weighted by molar-refractivity contribution is 7.99. The Labute approximate surface area is 137 Å². The predicted octanol–water partition coefficient (Wildman–Crippen LogP) is 2.05. The number of nitrogens with one attached hydrogen (secondary N) is 3. The van der Waals surface area contributed by atoms with Gasteiger partial charge in [-0.15, -0.1) is 0 Å². The summed E-state index contributed by atoms with van der Waals surface area (Å²) in [6.45, 7) is 0.909. The van der Waals surface area contributed by atoms with Crippen LogP contribution in [-0.4, -0.2) is 43.6 Å². The third kappa shape index (κ3) is 8.11. The number of ether oxygens (including phenoxy) is 1. The molecule has 22 heavy (non-hydrogen) atoms. The Hall–Kier alpha value is -1.45. The predicted molar refractivity (Wildman–Crippen MR) is 87.4 cm³/mol. The van der Waals surface area contributed by atoms with E-state index < -0.39 is 5.76 Å². The van der Waals surface area contributed by atoms with E-state index in [-0.39, 0.29) is 17.6 Å². The van der Waals surface area contributed by atoms with Crippen molar-refractivity contribution in [3.8, 4) is 0 Å². The number of thiocarbonyl (C=S) groups is 1. The molecular formula is C13H17F2N3O2S2. The first-order chi connectivity index (χ1) is 10.5. The molecule has 0 atom stereocenters. The smallest absolute Gasteiger partial charge is 0.288 e. The van der Waals surface area contributed by atoms with Crippen molar-refractivity contribution in [1.82, 2.24) is 10.6 Å². The standard InChI is InChI=1S/C13H17F2N3O2S2/c1-20-7-6-16-11(19)8-17-13(21)18-9-2-4-10(5-3-9)22-12(14)15/h2-5,12H,6-8H2,1H3,(H,16,19)(H2,17,18,21). The van der Waals surface area contributed by atoms with Crippen LogP contribution in [0.15, 0.2) is 29.2 Å². The van der Waals surface area contributed by atoms with Crippen molar-refractivity contribution in [2.24, 2.45) is 0 Å². The lowest BCUT2D eigenvalue weighted by Gasteiger charge is -2.11. The lowest BCUT2D eigenvalue weighted by Crippen LogP contribution is -2.39. The minimum absolute atomic E-state index is 0.0366. The molecule has 0 aromatic heterocycles. The maximum absolute atomic E-state index is 12.2. The number of thioether (sulfide) groups is 1. The number of hydrogen-bond donors (Lipinski definition) is 3. The zero-order valence-electron chi connectivity index (χ0n) is 11.9. The minimum atomic E-state index is -2.45. The molecule has 3 N–H and O–H groups in total. The molecule has 1 amide bonds. The van der Waals surface area contributed by atoms with Crippen molar-refractivity contribution in [2.45, 2.75) is 10.7 Å². The zero-order valence-corrected chi connectivity index (χ0v) is 13.5. The van der Waals surface area contributed by atoms with Gasteiger partial charge in [0.2, 0.25) is 5.91 Å². The van der Waals surface area contributed by atoms with Crippen LogP contribution >= 0.6 is 24.0 Å². The molecule has 0 radical (unpaired) electrons. The Morgan fingerprint density at radius 2 is 2.00 bits per heavy atom. The van der Waals surface area contributed by atoms with Crippen LogP contribution in [0.4, 0.5) is 14.5 Å². The van der Waals surface area contributed by atoms with E-state index in [1.54, 1.807) is 31.4 Å². The maximum Gasteiger partial charge on any atom is 0.288 e. The summed E-state index contributed by atoms with van der Waals surface area (Å²) in [5.41, 5.74) is 0.649. The Kier molecular flexibility index (Phi) is 8.71. The normalized spacial score (nSPS) is 10.4. The van der Waals surface area contributed by atoms with Gasteiger partial charge in [0.05, 0.1) is 13.2 Å². The summed E-state index contributed by atoms with van der Waals surface area (Å²) in [6, 6.07) is 6.41. The third-order valence-corrected chi connectivity index (χ3v) is 3.34. The minimum Gasteiger partial charge on any atom is -0.383 e. The Balaban J connectivity index is 2.31. The SMILES string of the molecule is COCCNC(=O)CNC(=S)Nc1ccc(SC(F)F)cc1. The Morgan fingerprint density at radius 3 is 2.59 bits per heavy atom. The molecule has 0 bridgehead atoms. The van der Waals surface area contributed by atoms with Crippen molar-refractivity contribution in [2.75, 3.05) is 32.1 Å². The van der Waals surface area contributed by atoms with Crippen LogP contribution in [0.3, 0.4) is 0 Å². The van der Waals surface area contributed by atoms with Gasteiger partial charge < -0.3 is 20.7 Å². The zero-order chi connectivity index (χ0) is 16.4. The van der Waals surface area contributed by atoms with Crippen LogP contribution in [0.25, 0.3) is 0 Å². The number of anilines is 1. The fourth-order valence-electron chi connectivity index (χ4n) is 1.41. The molecular weight excluding hydrogens is 332 g/mol. The van der Waals surface area contributed by atoms with E-state index in [0.29, 0.717) is 35.5 Å². The number of benzene rings is 1. The summed E-state index contributed by atoms with van der Waals surface area (Å²) in [6.07, 6.45) is 0. The van der Waals surface area contributed by atoms with Gasteiger partial charge in [-0.25, -0.2) is 0 Å². The number of alkyl halides is 2. The molecule has 0 spiro atoms. The lowest BCUT2D eigenvalue weighted by molar-refractivity contribution is -0.120. The number of rotatable bonds is 8. The second-order valence-corrected chi connectivity index (χ2v) is 5.53. The Bertz CT molecular complexity index is 487. The topological polar surface area (TPSA) is 62.4 Å². The van der Waals surface area contributed by atoms with E-state index in [1.165, 1.54) is 0 Å². The molecule has 1 aromatic carbocycles. The van der Waals surface area contributed by atoms with Gasteiger partial charge in [0.25, 0.3) is 5.76 Å². The van der Waals surface area contributed by atoms with Gasteiger partial charge in [0, 0.05) is 24.2 Å². The Morgan fingerprint density at radius 1 is 1.32 bits per heavy atom. The van der Waals surface area contributed by atoms with E-state index in [1.807, 2.05) is 0 Å². The first-order valence-electron chi connectivity index (χ1n) is 6.36. The fraction of sp³-hybridized carbons (Fsp3) is 0.385. The number of hydrogen-bond acceptors (Lipinski definition) is 4. The molecule has 122 valence electrons. The van der Waals surface area contributed by atoms with Crippen LogP contribution in [-0.2, 0) is 9.53 Å². The van der Waals surface area contributed by atoms with Gasteiger partial charge in [0.1, 0.15) is 0 Å². The molecule has 0 saturated carbocycles. The average molecular weight is 349 g/mol. The second-order valence-electron chi connectivity index (χ2n) is 4.05. The van der Waals surface area contributed by atoms with Gasteiger partial charge in [-0.05, 0) is 36.5 Å². The number of carbonyl (C=O) groups excluding carboxylic acids is 1. The first-order valence-corrected chi connectivity index (χ1v) is 7.65. The molecule has 0 aliphatic heterocycles. The van der Waals surface area contributed by atoms with Gasteiger partial charge in [-0.2, -0.15) is 8.78 Å². The molecule has 9 heteroatoms. The summed E-state index contributed by atoms with van der Waals surface area (Å²) in [7, 11) is 1.55. The van der Waals surface area contributed by atoms with Gasteiger partial charge in [0.15, 0.2) is 5.11 Å². The lowest BCUT2D eigenvalue weighted by atomic mass is 10.3. The van der Waals surface area contributed by atoms with Crippen LogP contribution in [0, 0.1) is 0 Å². The first kappa shape index (κ1) is 18.6. The summed E-state index contributed by atoms with van der Waals surface area (Å²) >= 11 is 5.52. The van der Waals surface area contributed by atoms with Gasteiger partial charge in [-0.1, -0.05) is 11.8 Å². The summed E-state index contributed by atoms with van der Waals surface area (Å²) in [5, 5.41) is 8.53. The maximum atomic E-state index is 12.2. The molecule has 0 heterocycles. The summed E-state index contributed by atoms with van der Waals surface area (Å²) in [5.74, 6) is -2.65. The second kappa shape index (κ2) is 10.3. The van der Waals surface area contributed by atoms with Crippen molar-refractivity contribution in [3.05, 3.63) is 24.3 Å². The van der Waals surface area contributed by atoms with E-state index in [0.717, 1.165) is 0 Å². The molecule has 0 fully saturated rings. The van der Waals surface area contributed by atoms with Crippen LogP contribution in [0.1, 0.15) is 0 Å². The highest BCUT2D eigenvalue weighted by Crippen LogP contribution is 2.26. The number of halogens is 2. The highest BCUT2D eigenvalue weighted by Gasteiger charge is 2.06. The van der Waals surface area contributed by atoms with Gasteiger partial charge >= 0.3 is 0 Å². The van der Waals surface area contributed by atoms with Crippen LogP contribution < -0.4 is 16.0 Å². The van der Waals surface area contributed by atoms with Gasteiger partial charge in [-0.3, -0.25) is 4.79 Å². The molecule has 0 aliphatic carbocycles. The average Bonchev–Trinajstić information content (AvgIpc) is 2.47. The molecule has 0 saturated heterocycles. The summed E-state index contributed by atoms with van der Waals surface area (Å²) < 4.78 is 29.2. The monoisotopic (exact) mass is 349 g/mol. The molecule has 0 unspecified atom stereocenters. The molecule has 1 rings (SSSR count). The van der Waals surface area contributed by atoms with Crippen molar-refractivity contribution < 1.29 is 18.3 Å². The number of carbonyl (C=O) groups is 1. The third-order valence-electron chi connectivity index (χ3n) is 2.38. The molecule has 5 nitrogen and oxygen atoms in total. The number of amides is 1. The van der Waals surface area contributed by atoms with Crippen molar-refractivity contribution >= 4 is 40.7 Å².